The number of hydrogen-bond acceptors (Lipinski definition) is 3. The Kier molecular flexibility index (Phi) is 4.26. The van der Waals surface area contributed by atoms with Crippen molar-refractivity contribution in [1.29, 1.82) is 0 Å². The van der Waals surface area contributed by atoms with Gasteiger partial charge in [-0.2, -0.15) is 0 Å². The van der Waals surface area contributed by atoms with Crippen molar-refractivity contribution in [3.05, 3.63) is 28.0 Å². The molecule has 1 aromatic carbocycles. The molecule has 4 N–H and O–H groups in total. The molecule has 1 rings (SSSR count). The van der Waals surface area contributed by atoms with Crippen LogP contribution in [0.2, 0.25) is 0 Å². The second-order valence-electron chi connectivity index (χ2n) is 3.41. The van der Waals surface area contributed by atoms with Crippen molar-refractivity contribution in [2.24, 2.45) is 5.73 Å². The number of hydrogen-bond donors (Lipinski definition) is 3. The van der Waals surface area contributed by atoms with Crippen molar-refractivity contribution in [1.82, 2.24) is 0 Å². The SMILES string of the molecule is Cc1cc(F)c(Br)cc1NCC(N)C(=O)O. The van der Waals surface area contributed by atoms with Crippen LogP contribution in [0.1, 0.15) is 5.56 Å². The van der Waals surface area contributed by atoms with E-state index in [9.17, 15) is 9.18 Å². The summed E-state index contributed by atoms with van der Waals surface area (Å²) in [5, 5.41) is 11.5. The molecule has 0 heterocycles. The highest BCUT2D eigenvalue weighted by Gasteiger charge is 2.12. The van der Waals surface area contributed by atoms with Crippen LogP contribution in [-0.4, -0.2) is 23.7 Å². The lowest BCUT2D eigenvalue weighted by Crippen LogP contribution is -2.37. The zero-order chi connectivity index (χ0) is 12.3. The second kappa shape index (κ2) is 5.27. The fourth-order valence-electron chi connectivity index (χ4n) is 1.14. The zero-order valence-corrected chi connectivity index (χ0v) is 10.2. The molecule has 1 unspecified atom stereocenters. The van der Waals surface area contributed by atoms with Gasteiger partial charge in [-0.05, 0) is 40.5 Å². The molecule has 0 bridgehead atoms. The molecule has 0 aliphatic heterocycles. The van der Waals surface area contributed by atoms with Gasteiger partial charge < -0.3 is 16.2 Å². The van der Waals surface area contributed by atoms with Gasteiger partial charge in [-0.15, -0.1) is 0 Å². The van der Waals surface area contributed by atoms with Crippen LogP contribution in [0, 0.1) is 12.7 Å². The Morgan fingerprint density at radius 1 is 1.69 bits per heavy atom. The summed E-state index contributed by atoms with van der Waals surface area (Å²) in [6.07, 6.45) is 0. The van der Waals surface area contributed by atoms with E-state index in [4.69, 9.17) is 10.8 Å². The standard InChI is InChI=1S/C10H12BrFN2O2/c1-5-2-7(12)6(11)3-9(5)14-4-8(13)10(15)16/h2-3,8,14H,4,13H2,1H3,(H,15,16). The monoisotopic (exact) mass is 290 g/mol. The molecule has 0 amide bonds. The Hall–Kier alpha value is -1.14. The molecular formula is C10H12BrFN2O2. The highest BCUT2D eigenvalue weighted by Crippen LogP contribution is 2.24. The van der Waals surface area contributed by atoms with Crippen LogP contribution in [0.5, 0.6) is 0 Å². The lowest BCUT2D eigenvalue weighted by atomic mass is 10.2. The minimum atomic E-state index is -1.08. The summed E-state index contributed by atoms with van der Waals surface area (Å²) in [6, 6.07) is 1.93. The molecule has 1 atom stereocenters. The van der Waals surface area contributed by atoms with Crippen LogP contribution < -0.4 is 11.1 Å². The topological polar surface area (TPSA) is 75.3 Å². The Morgan fingerprint density at radius 2 is 2.31 bits per heavy atom. The number of nitrogens with two attached hydrogens (primary N) is 1. The van der Waals surface area contributed by atoms with E-state index in [1.165, 1.54) is 6.07 Å². The number of carboxylic acids is 1. The first-order valence-electron chi connectivity index (χ1n) is 4.59. The van der Waals surface area contributed by atoms with E-state index in [1.54, 1.807) is 13.0 Å². The quantitative estimate of drug-likeness (QED) is 0.789. The van der Waals surface area contributed by atoms with Gasteiger partial charge in [0.1, 0.15) is 11.9 Å². The van der Waals surface area contributed by atoms with Crippen LogP contribution in [0.3, 0.4) is 0 Å². The van der Waals surface area contributed by atoms with Crippen LogP contribution in [-0.2, 0) is 4.79 Å². The molecule has 0 spiro atoms. The van der Waals surface area contributed by atoms with E-state index in [0.717, 1.165) is 0 Å². The van der Waals surface area contributed by atoms with E-state index in [-0.39, 0.29) is 12.4 Å². The Labute approximate surface area is 101 Å². The molecule has 16 heavy (non-hydrogen) atoms. The summed E-state index contributed by atoms with van der Waals surface area (Å²) in [5.74, 6) is -1.43. The average Bonchev–Trinajstić information content (AvgIpc) is 2.20. The maximum absolute atomic E-state index is 13.1. The first-order chi connectivity index (χ1) is 7.41. The molecule has 0 aliphatic carbocycles. The molecule has 0 aromatic heterocycles. The summed E-state index contributed by atoms with van der Waals surface area (Å²) >= 11 is 3.05. The third kappa shape index (κ3) is 3.18. The minimum Gasteiger partial charge on any atom is -0.480 e. The van der Waals surface area contributed by atoms with Gasteiger partial charge in [0.25, 0.3) is 0 Å². The van der Waals surface area contributed by atoms with Gasteiger partial charge in [-0.25, -0.2) is 4.39 Å². The van der Waals surface area contributed by atoms with Crippen molar-refractivity contribution in [3.63, 3.8) is 0 Å². The lowest BCUT2D eigenvalue weighted by Gasteiger charge is -2.12. The molecule has 1 aromatic rings. The predicted molar refractivity (Wildman–Crippen MR) is 62.9 cm³/mol. The molecule has 0 aliphatic rings. The number of aliphatic carboxylic acids is 1. The molecule has 6 heteroatoms. The van der Waals surface area contributed by atoms with E-state index < -0.39 is 12.0 Å². The van der Waals surface area contributed by atoms with Crippen LogP contribution in [0.15, 0.2) is 16.6 Å². The van der Waals surface area contributed by atoms with Gasteiger partial charge in [-0.1, -0.05) is 0 Å². The largest absolute Gasteiger partial charge is 0.480 e. The molecule has 0 saturated carbocycles. The van der Waals surface area contributed by atoms with Crippen molar-refractivity contribution < 1.29 is 14.3 Å². The molecular weight excluding hydrogens is 279 g/mol. The number of anilines is 1. The summed E-state index contributed by atoms with van der Waals surface area (Å²) in [7, 11) is 0. The van der Waals surface area contributed by atoms with E-state index in [2.05, 4.69) is 21.2 Å². The Balaban J connectivity index is 2.74. The summed E-state index contributed by atoms with van der Waals surface area (Å²) in [4.78, 5) is 10.5. The smallest absolute Gasteiger partial charge is 0.322 e. The Bertz CT molecular complexity index is 412. The number of rotatable bonds is 4. The second-order valence-corrected chi connectivity index (χ2v) is 4.26. The average molecular weight is 291 g/mol. The number of carboxylic acid groups (broad SMARTS) is 1. The van der Waals surface area contributed by atoms with Gasteiger partial charge in [0.05, 0.1) is 4.47 Å². The summed E-state index contributed by atoms with van der Waals surface area (Å²) in [5.41, 5.74) is 6.68. The minimum absolute atomic E-state index is 0.0915. The third-order valence-corrected chi connectivity index (χ3v) is 2.70. The normalized spacial score (nSPS) is 12.2. The van der Waals surface area contributed by atoms with Crippen molar-refractivity contribution in [2.75, 3.05) is 11.9 Å². The molecule has 0 radical (unpaired) electrons. The van der Waals surface area contributed by atoms with E-state index >= 15 is 0 Å². The van der Waals surface area contributed by atoms with E-state index in [1.807, 2.05) is 0 Å². The Morgan fingerprint density at radius 3 is 2.88 bits per heavy atom. The first kappa shape index (κ1) is 12.9. The maximum atomic E-state index is 13.1. The number of aryl methyl sites for hydroxylation is 1. The number of halogens is 2. The van der Waals surface area contributed by atoms with Crippen LogP contribution in [0.4, 0.5) is 10.1 Å². The number of benzene rings is 1. The molecule has 88 valence electrons. The van der Waals surface area contributed by atoms with Gasteiger partial charge in [0.2, 0.25) is 0 Å². The third-order valence-electron chi connectivity index (χ3n) is 2.10. The fourth-order valence-corrected chi connectivity index (χ4v) is 1.49. The van der Waals surface area contributed by atoms with Gasteiger partial charge >= 0.3 is 5.97 Å². The van der Waals surface area contributed by atoms with Gasteiger partial charge in [-0.3, -0.25) is 4.79 Å². The highest BCUT2D eigenvalue weighted by molar-refractivity contribution is 9.10. The van der Waals surface area contributed by atoms with E-state index in [0.29, 0.717) is 15.7 Å². The first-order valence-corrected chi connectivity index (χ1v) is 5.39. The van der Waals surface area contributed by atoms with Crippen LogP contribution >= 0.6 is 15.9 Å². The molecule has 4 nitrogen and oxygen atoms in total. The zero-order valence-electron chi connectivity index (χ0n) is 8.63. The lowest BCUT2D eigenvalue weighted by molar-refractivity contribution is -0.138. The molecule has 0 fully saturated rings. The summed E-state index contributed by atoms with van der Waals surface area (Å²) in [6.45, 7) is 1.82. The maximum Gasteiger partial charge on any atom is 0.322 e. The van der Waals surface area contributed by atoms with Gasteiger partial charge in [0.15, 0.2) is 0 Å². The van der Waals surface area contributed by atoms with Crippen molar-refractivity contribution >= 4 is 27.6 Å². The molecule has 0 saturated heterocycles. The predicted octanol–water partition coefficient (Wildman–Crippen LogP) is 1.72. The summed E-state index contributed by atoms with van der Waals surface area (Å²) < 4.78 is 13.4. The number of carbonyl (C=O) groups is 1. The van der Waals surface area contributed by atoms with Gasteiger partial charge in [0, 0.05) is 12.2 Å². The van der Waals surface area contributed by atoms with Crippen molar-refractivity contribution in [2.45, 2.75) is 13.0 Å². The van der Waals surface area contributed by atoms with Crippen LogP contribution in [0.25, 0.3) is 0 Å². The highest BCUT2D eigenvalue weighted by atomic mass is 79.9. The number of nitrogens with one attached hydrogen (secondary N) is 1. The fraction of sp³-hybridized carbons (Fsp3) is 0.300. The van der Waals surface area contributed by atoms with Crippen molar-refractivity contribution in [3.8, 4) is 0 Å².